The molecule has 0 saturated heterocycles. The molecule has 51 heavy (non-hydrogen) atoms. The van der Waals surface area contributed by atoms with Crippen molar-refractivity contribution in [2.24, 2.45) is 0 Å². The molecule has 0 aliphatic carbocycles. The number of nitrogens with one attached hydrogen (secondary N) is 2. The highest BCUT2D eigenvalue weighted by Gasteiger charge is 2.41. The van der Waals surface area contributed by atoms with Crippen molar-refractivity contribution in [2.45, 2.75) is 55.4 Å². The van der Waals surface area contributed by atoms with Crippen LogP contribution in [0, 0.1) is 41.5 Å². The van der Waals surface area contributed by atoms with Gasteiger partial charge in [-0.3, -0.25) is 9.97 Å². The summed E-state index contributed by atoms with van der Waals surface area (Å²) in [5, 5.41) is 9.89. The molecule has 8 rings (SSSR count). The zero-order valence-electron chi connectivity index (χ0n) is 30.9. The third-order valence-corrected chi connectivity index (χ3v) is 13.6. The highest BCUT2D eigenvalue weighted by molar-refractivity contribution is 7.24. The molecule has 0 radical (unpaired) electrons. The fourth-order valence-electron chi connectivity index (χ4n) is 7.72. The first kappa shape index (κ1) is 33.4. The van der Waals surface area contributed by atoms with Gasteiger partial charge in [0.15, 0.2) is 0 Å². The van der Waals surface area contributed by atoms with E-state index in [1.807, 2.05) is 35.1 Å². The minimum absolute atomic E-state index is 0.170. The van der Waals surface area contributed by atoms with Gasteiger partial charge < -0.3 is 24.8 Å². The summed E-state index contributed by atoms with van der Waals surface area (Å²) in [6, 6.07) is 17.4. The maximum Gasteiger partial charge on any atom is 0.431 e. The molecule has 0 unspecified atom stereocenters. The van der Waals surface area contributed by atoms with Gasteiger partial charge in [0.1, 0.15) is 0 Å². The number of thiophene rings is 2. The molecule has 0 bridgehead atoms. The Morgan fingerprint density at radius 2 is 0.941 bits per heavy atom. The summed E-state index contributed by atoms with van der Waals surface area (Å²) < 4.78 is 9.13. The smallest absolute Gasteiger partial charge is 0.424 e. The van der Waals surface area contributed by atoms with Crippen molar-refractivity contribution in [1.82, 2.24) is 30.0 Å². The molecule has 2 aliphatic rings. The molecule has 0 fully saturated rings. The first-order valence-corrected chi connectivity index (χ1v) is 19.1. The molecule has 0 amide bonds. The minimum Gasteiger partial charge on any atom is -0.424 e. The van der Waals surface area contributed by atoms with Gasteiger partial charge in [0.2, 0.25) is 11.8 Å². The van der Waals surface area contributed by atoms with Crippen molar-refractivity contribution in [2.75, 3.05) is 14.1 Å². The van der Waals surface area contributed by atoms with E-state index in [0.717, 1.165) is 34.3 Å². The predicted octanol–water partition coefficient (Wildman–Crippen LogP) is 7.65. The number of hydrogen-bond donors (Lipinski definition) is 2. The number of allylic oxidation sites excluding steroid dienone is 2. The predicted molar refractivity (Wildman–Crippen MR) is 218 cm³/mol. The van der Waals surface area contributed by atoms with Crippen molar-refractivity contribution >= 4 is 68.0 Å². The molecule has 6 heterocycles. The lowest BCUT2D eigenvalue weighted by Crippen LogP contribution is -2.52. The van der Waals surface area contributed by atoms with E-state index in [4.69, 9.17) is 14.7 Å². The normalized spacial score (nSPS) is 14.9. The Kier molecular flexibility index (Phi) is 8.19. The van der Waals surface area contributed by atoms with Crippen LogP contribution in [0.15, 0.2) is 84.1 Å². The first-order chi connectivity index (χ1) is 24.5. The number of nitrogens with zero attached hydrogens (tertiary/aromatic N) is 4. The molecule has 0 spiro atoms. The molecule has 2 aromatic carbocycles. The van der Waals surface area contributed by atoms with Crippen LogP contribution < -0.4 is 21.6 Å². The number of aromatic nitrogens is 2. The number of fused-ring (bicyclic) bond motifs is 2. The second kappa shape index (κ2) is 12.5. The van der Waals surface area contributed by atoms with Crippen LogP contribution in [0.25, 0.3) is 41.1 Å². The van der Waals surface area contributed by atoms with E-state index in [1.54, 1.807) is 0 Å². The second-order valence-electron chi connectivity index (χ2n) is 14.0. The molecule has 256 valence electrons. The first-order valence-electron chi connectivity index (χ1n) is 17.4. The van der Waals surface area contributed by atoms with Crippen molar-refractivity contribution in [1.29, 1.82) is 0 Å². The van der Waals surface area contributed by atoms with Gasteiger partial charge in [-0.25, -0.2) is 0 Å². The zero-order valence-corrected chi connectivity index (χ0v) is 32.6. The molecule has 0 saturated carbocycles. The summed E-state index contributed by atoms with van der Waals surface area (Å²) in [5.74, 6) is 1.44. The molecular weight excluding hydrogens is 666 g/mol. The number of benzene rings is 2. The molecule has 2 N–H and O–H groups in total. The number of rotatable bonds is 6. The summed E-state index contributed by atoms with van der Waals surface area (Å²) in [7, 11) is 4.21. The minimum atomic E-state index is -0.170. The van der Waals surface area contributed by atoms with Crippen LogP contribution in [0.3, 0.4) is 0 Å². The van der Waals surface area contributed by atoms with Crippen LogP contribution in [-0.2, 0) is 4.74 Å². The van der Waals surface area contributed by atoms with Crippen LogP contribution in [-0.4, -0.2) is 47.7 Å². The Morgan fingerprint density at radius 1 is 0.569 bits per heavy atom. The summed E-state index contributed by atoms with van der Waals surface area (Å²) in [6.07, 6.45) is 3.87. The van der Waals surface area contributed by atoms with E-state index < -0.39 is 0 Å². The number of ether oxygens (including phenoxy) is 1. The van der Waals surface area contributed by atoms with Gasteiger partial charge in [-0.15, -0.1) is 22.7 Å². The maximum atomic E-state index is 6.73. The largest absolute Gasteiger partial charge is 0.431 e. The van der Waals surface area contributed by atoms with Gasteiger partial charge in [-0.2, -0.15) is 0 Å². The van der Waals surface area contributed by atoms with Gasteiger partial charge in [0.05, 0.1) is 32.0 Å². The topological polar surface area (TPSA) is 65.5 Å². The Hall–Kier alpha value is -4.73. The van der Waals surface area contributed by atoms with Crippen LogP contribution in [0.1, 0.15) is 47.2 Å². The highest BCUT2D eigenvalue weighted by Crippen LogP contribution is 2.42. The highest BCUT2D eigenvalue weighted by atomic mass is 32.1. The van der Waals surface area contributed by atoms with Crippen LogP contribution >= 0.6 is 22.7 Å². The fourth-order valence-corrected chi connectivity index (χ4v) is 10.7. The molecule has 2 aliphatic heterocycles. The van der Waals surface area contributed by atoms with Crippen LogP contribution in [0.4, 0.5) is 0 Å². The van der Waals surface area contributed by atoms with Crippen molar-refractivity contribution in [3.05, 3.63) is 117 Å². The number of pyridine rings is 2. The van der Waals surface area contributed by atoms with E-state index in [2.05, 4.69) is 138 Å². The Labute approximate surface area is 309 Å². The van der Waals surface area contributed by atoms with Crippen LogP contribution in [0.2, 0.25) is 0 Å². The second-order valence-corrected chi connectivity index (χ2v) is 16.1. The van der Waals surface area contributed by atoms with Gasteiger partial charge in [-0.1, -0.05) is 36.4 Å². The van der Waals surface area contributed by atoms with Crippen molar-refractivity contribution in [3.8, 4) is 20.9 Å². The lowest BCUT2D eigenvalue weighted by molar-refractivity contribution is 0.269. The Balaban J connectivity index is 1.08. The van der Waals surface area contributed by atoms with E-state index in [1.165, 1.54) is 74.4 Å². The molecule has 6 aromatic rings. The molecule has 11 heteroatoms. The Morgan fingerprint density at radius 3 is 1.31 bits per heavy atom. The van der Waals surface area contributed by atoms with Gasteiger partial charge in [0.25, 0.3) is 0 Å². The lowest BCUT2D eigenvalue weighted by Gasteiger charge is -2.18. The monoisotopic (exact) mass is 708 g/mol. The summed E-state index contributed by atoms with van der Waals surface area (Å²) in [4.78, 5) is 17.0. The standard InChI is InChI=1S/C40H42B2N6OS2/c1-21-13-11-14-22(2)31(21)33-25(5)29-17-19-43-37(35(29)50-33)41-45-39(27(7)47(41)9)49-40-28(8)48(10)42(46-40)38-36-30(18-20-44-38)26(6)34(51-36)32-23(3)15-12-16-24(32)4/h11-20,45-46H,1-10H3. The number of aryl methyl sites for hydroxylation is 6. The lowest BCUT2D eigenvalue weighted by atomic mass is 9.70. The Bertz CT molecular complexity index is 2250. The quantitative estimate of drug-likeness (QED) is 0.173. The average Bonchev–Trinajstić information content (AvgIpc) is 3.79. The van der Waals surface area contributed by atoms with Gasteiger partial charge in [0, 0.05) is 22.1 Å². The van der Waals surface area contributed by atoms with E-state index in [-0.39, 0.29) is 14.0 Å². The molecule has 7 nitrogen and oxygen atoms in total. The summed E-state index contributed by atoms with van der Waals surface area (Å²) in [6.45, 7) is 17.1. The van der Waals surface area contributed by atoms with Gasteiger partial charge in [-0.05, 0) is 137 Å². The van der Waals surface area contributed by atoms with Crippen LogP contribution in [0.5, 0.6) is 0 Å². The molecule has 4 aromatic heterocycles. The number of hydrogen-bond acceptors (Lipinski definition) is 9. The fraction of sp³-hybridized carbons (Fsp3) is 0.250. The van der Waals surface area contributed by atoms with E-state index >= 15 is 0 Å². The summed E-state index contributed by atoms with van der Waals surface area (Å²) >= 11 is 3.67. The third kappa shape index (κ3) is 5.23. The SMILES string of the molecule is CC1=C(OC2=C(C)N(C)B(c3nccc4c(C)c(-c5c(C)cccc5C)sc34)N2)NB(c2nccc3c(C)c(-c4c(C)cccc4C)sc23)N1C. The zero-order chi connectivity index (χ0) is 35.9. The summed E-state index contributed by atoms with van der Waals surface area (Å²) in [5.41, 5.74) is 14.5. The molecule has 0 atom stereocenters. The maximum absolute atomic E-state index is 6.73. The molecular formula is C40H42B2N6OS2. The average molecular weight is 709 g/mol. The van der Waals surface area contributed by atoms with E-state index in [9.17, 15) is 0 Å². The van der Waals surface area contributed by atoms with E-state index in [0.29, 0.717) is 0 Å². The van der Waals surface area contributed by atoms with Crippen molar-refractivity contribution in [3.63, 3.8) is 0 Å². The van der Waals surface area contributed by atoms with Gasteiger partial charge >= 0.3 is 14.0 Å². The third-order valence-electron chi connectivity index (χ3n) is 10.9. The van der Waals surface area contributed by atoms with Crippen molar-refractivity contribution < 1.29 is 4.74 Å².